The van der Waals surface area contributed by atoms with Gasteiger partial charge in [-0.05, 0) is 49.6 Å². The second kappa shape index (κ2) is 11.5. The van der Waals surface area contributed by atoms with E-state index in [1.165, 1.54) is 5.56 Å². The zero-order valence-corrected chi connectivity index (χ0v) is 19.2. The van der Waals surface area contributed by atoms with E-state index in [4.69, 9.17) is 9.97 Å². The number of phenolic OH excluding ortho intramolecular Hbond substituents is 1. The molecule has 1 saturated heterocycles. The van der Waals surface area contributed by atoms with Crippen LogP contribution in [0.2, 0.25) is 0 Å². The van der Waals surface area contributed by atoms with Crippen LogP contribution in [0.15, 0.2) is 54.6 Å². The molecule has 0 amide bonds. The number of aromatic hydroxyl groups is 1. The summed E-state index contributed by atoms with van der Waals surface area (Å²) in [5.74, 6) is 2.20. The molecule has 0 unspecified atom stereocenters. The molecule has 8 heteroatoms. The largest absolute Gasteiger partial charge is 0.508 e. The number of nitrogens with zero attached hydrogens (tertiary/aromatic N) is 5. The van der Waals surface area contributed by atoms with Crippen molar-refractivity contribution in [3.05, 3.63) is 65.7 Å². The molecule has 0 radical (unpaired) electrons. The Morgan fingerprint density at radius 1 is 0.758 bits per heavy atom. The number of benzene rings is 2. The molecule has 3 N–H and O–H groups in total. The van der Waals surface area contributed by atoms with Gasteiger partial charge in [-0.1, -0.05) is 42.5 Å². The van der Waals surface area contributed by atoms with Crippen LogP contribution >= 0.6 is 0 Å². The molecule has 1 aliphatic heterocycles. The molecule has 1 aliphatic rings. The number of anilines is 3. The first kappa shape index (κ1) is 22.8. The van der Waals surface area contributed by atoms with Crippen molar-refractivity contribution in [2.75, 3.05) is 61.8 Å². The number of phenols is 1. The lowest BCUT2D eigenvalue weighted by Crippen LogP contribution is -2.45. The van der Waals surface area contributed by atoms with Gasteiger partial charge in [0.1, 0.15) is 5.75 Å². The van der Waals surface area contributed by atoms with Crippen LogP contribution in [0.1, 0.15) is 17.5 Å². The van der Waals surface area contributed by atoms with E-state index in [-0.39, 0.29) is 5.75 Å². The number of hydrogen-bond acceptors (Lipinski definition) is 8. The van der Waals surface area contributed by atoms with Crippen molar-refractivity contribution in [1.29, 1.82) is 0 Å². The van der Waals surface area contributed by atoms with Gasteiger partial charge in [-0.2, -0.15) is 15.0 Å². The van der Waals surface area contributed by atoms with Gasteiger partial charge in [0.05, 0.1) is 0 Å². The Labute approximate surface area is 195 Å². The minimum atomic E-state index is 0.281. The summed E-state index contributed by atoms with van der Waals surface area (Å²) >= 11 is 0. The third-order valence-electron chi connectivity index (χ3n) is 5.81. The summed E-state index contributed by atoms with van der Waals surface area (Å²) in [7, 11) is 2.14. The molecule has 0 saturated carbocycles. The molecular formula is C25H33N7O. The Morgan fingerprint density at radius 3 is 2.09 bits per heavy atom. The fourth-order valence-electron chi connectivity index (χ4n) is 3.79. The van der Waals surface area contributed by atoms with Gasteiger partial charge >= 0.3 is 0 Å². The average Bonchev–Trinajstić information content (AvgIpc) is 2.84. The van der Waals surface area contributed by atoms with Crippen molar-refractivity contribution in [2.45, 2.75) is 19.3 Å². The van der Waals surface area contributed by atoms with Crippen LogP contribution in [0.25, 0.3) is 0 Å². The number of hydrogen-bond donors (Lipinski definition) is 3. The van der Waals surface area contributed by atoms with Gasteiger partial charge in [-0.15, -0.1) is 0 Å². The lowest BCUT2D eigenvalue weighted by molar-refractivity contribution is 0.311. The zero-order chi connectivity index (χ0) is 22.9. The fraction of sp³-hybridized carbons (Fsp3) is 0.400. The van der Waals surface area contributed by atoms with E-state index in [2.05, 4.69) is 56.7 Å². The van der Waals surface area contributed by atoms with Crippen molar-refractivity contribution in [2.24, 2.45) is 0 Å². The second-order valence-electron chi connectivity index (χ2n) is 8.43. The van der Waals surface area contributed by atoms with E-state index in [9.17, 15) is 5.11 Å². The summed E-state index contributed by atoms with van der Waals surface area (Å²) in [6.07, 6.45) is 2.83. The van der Waals surface area contributed by atoms with Crippen molar-refractivity contribution >= 4 is 17.8 Å². The van der Waals surface area contributed by atoms with Crippen LogP contribution in [0.5, 0.6) is 5.75 Å². The third kappa shape index (κ3) is 7.05. The summed E-state index contributed by atoms with van der Waals surface area (Å²) in [4.78, 5) is 18.6. The number of nitrogens with one attached hydrogen (secondary N) is 2. The molecule has 4 rings (SSSR count). The molecule has 1 aromatic heterocycles. The lowest BCUT2D eigenvalue weighted by atomic mass is 10.1. The molecule has 0 aliphatic carbocycles. The molecule has 2 heterocycles. The van der Waals surface area contributed by atoms with Gasteiger partial charge in [0.15, 0.2) is 0 Å². The van der Waals surface area contributed by atoms with Crippen molar-refractivity contribution in [1.82, 2.24) is 19.9 Å². The number of aromatic nitrogens is 3. The molecule has 0 atom stereocenters. The Kier molecular flexibility index (Phi) is 7.92. The van der Waals surface area contributed by atoms with E-state index in [1.807, 2.05) is 18.2 Å². The molecule has 33 heavy (non-hydrogen) atoms. The van der Waals surface area contributed by atoms with Crippen LogP contribution < -0.4 is 15.5 Å². The smallest absolute Gasteiger partial charge is 0.232 e. The molecule has 8 nitrogen and oxygen atoms in total. The van der Waals surface area contributed by atoms with Gasteiger partial charge in [-0.25, -0.2) is 0 Å². The number of piperazine rings is 1. The van der Waals surface area contributed by atoms with Crippen molar-refractivity contribution in [3.8, 4) is 5.75 Å². The van der Waals surface area contributed by atoms with Crippen LogP contribution in [-0.2, 0) is 12.8 Å². The Morgan fingerprint density at radius 2 is 1.39 bits per heavy atom. The van der Waals surface area contributed by atoms with Gasteiger partial charge < -0.3 is 25.5 Å². The van der Waals surface area contributed by atoms with Crippen molar-refractivity contribution < 1.29 is 5.11 Å². The molecule has 0 bridgehead atoms. The maximum Gasteiger partial charge on any atom is 0.232 e. The maximum atomic E-state index is 9.46. The lowest BCUT2D eigenvalue weighted by Gasteiger charge is -2.32. The van der Waals surface area contributed by atoms with Crippen LogP contribution in [0.3, 0.4) is 0 Å². The zero-order valence-electron chi connectivity index (χ0n) is 19.2. The normalized spacial score (nSPS) is 14.3. The van der Waals surface area contributed by atoms with Gasteiger partial charge in [0.25, 0.3) is 0 Å². The molecule has 0 spiro atoms. The Balaban J connectivity index is 1.38. The van der Waals surface area contributed by atoms with E-state index in [0.29, 0.717) is 18.4 Å². The number of rotatable bonds is 10. The minimum Gasteiger partial charge on any atom is -0.508 e. The first-order chi connectivity index (χ1) is 16.2. The molecule has 1 fully saturated rings. The third-order valence-corrected chi connectivity index (χ3v) is 5.81. The summed E-state index contributed by atoms with van der Waals surface area (Å²) in [6, 6.07) is 17.8. The highest BCUT2D eigenvalue weighted by atomic mass is 16.3. The highest BCUT2D eigenvalue weighted by molar-refractivity contribution is 5.44. The SMILES string of the molecule is CN1CCN(c2nc(NCCCc3ccccc3)nc(NCCc3ccc(O)cc3)n2)CC1. The van der Waals surface area contributed by atoms with Gasteiger partial charge in [0, 0.05) is 39.3 Å². The van der Waals surface area contributed by atoms with Crippen LogP contribution in [0, 0.1) is 0 Å². The minimum absolute atomic E-state index is 0.281. The topological polar surface area (TPSA) is 89.4 Å². The highest BCUT2D eigenvalue weighted by Crippen LogP contribution is 2.16. The summed E-state index contributed by atoms with van der Waals surface area (Å²) in [5.41, 5.74) is 2.48. The van der Waals surface area contributed by atoms with E-state index in [1.54, 1.807) is 12.1 Å². The van der Waals surface area contributed by atoms with E-state index in [0.717, 1.165) is 63.5 Å². The van der Waals surface area contributed by atoms with Gasteiger partial charge in [0.2, 0.25) is 17.8 Å². The average molecular weight is 448 g/mol. The van der Waals surface area contributed by atoms with Gasteiger partial charge in [-0.3, -0.25) is 0 Å². The standard InChI is InChI=1S/C25H33N7O/c1-31-16-18-32(19-17-31)25-29-23(26-14-5-8-20-6-3-2-4-7-20)28-24(30-25)27-15-13-21-9-11-22(33)12-10-21/h2-4,6-7,9-12,33H,5,8,13-19H2,1H3,(H2,26,27,28,29,30). The van der Waals surface area contributed by atoms with Crippen molar-refractivity contribution in [3.63, 3.8) is 0 Å². The predicted molar refractivity (Wildman–Crippen MR) is 133 cm³/mol. The summed E-state index contributed by atoms with van der Waals surface area (Å²) in [6.45, 7) is 5.30. The second-order valence-corrected chi connectivity index (χ2v) is 8.43. The first-order valence-electron chi connectivity index (χ1n) is 11.6. The monoisotopic (exact) mass is 447 g/mol. The van der Waals surface area contributed by atoms with E-state index < -0.39 is 0 Å². The number of likely N-dealkylation sites (N-methyl/N-ethyl adjacent to an activating group) is 1. The molecule has 2 aromatic carbocycles. The highest BCUT2D eigenvalue weighted by Gasteiger charge is 2.18. The summed E-state index contributed by atoms with van der Waals surface area (Å²) < 4.78 is 0. The molecule has 174 valence electrons. The fourth-order valence-corrected chi connectivity index (χ4v) is 3.79. The van der Waals surface area contributed by atoms with Crippen LogP contribution in [0.4, 0.5) is 17.8 Å². The predicted octanol–water partition coefficient (Wildman–Crippen LogP) is 3.03. The summed E-state index contributed by atoms with van der Waals surface area (Å²) in [5, 5.41) is 16.2. The first-order valence-corrected chi connectivity index (χ1v) is 11.6. The molecule has 3 aromatic rings. The maximum absolute atomic E-state index is 9.46. The molecular weight excluding hydrogens is 414 g/mol. The Hall–Kier alpha value is -3.39. The van der Waals surface area contributed by atoms with Crippen LogP contribution in [-0.4, -0.2) is 71.3 Å². The number of aryl methyl sites for hydroxylation is 1. The quantitative estimate of drug-likeness (QED) is 0.409. The van der Waals surface area contributed by atoms with E-state index >= 15 is 0 Å². The Bertz CT molecular complexity index is 989.